The molecule has 0 aromatic carbocycles. The number of hydrogen-bond acceptors (Lipinski definition) is 5. The summed E-state index contributed by atoms with van der Waals surface area (Å²) in [5.41, 5.74) is 2.64. The molecular formula is C17H21N5O2. The van der Waals surface area contributed by atoms with Gasteiger partial charge in [-0.25, -0.2) is 4.98 Å². The predicted octanol–water partition coefficient (Wildman–Crippen LogP) is 1.38. The molecule has 126 valence electrons. The number of nitrogens with zero attached hydrogens (tertiary/aromatic N) is 5. The predicted molar refractivity (Wildman–Crippen MR) is 86.3 cm³/mol. The molecule has 2 aliphatic rings. The van der Waals surface area contributed by atoms with Gasteiger partial charge < -0.3 is 9.64 Å². The Morgan fingerprint density at radius 1 is 1.29 bits per heavy atom. The van der Waals surface area contributed by atoms with Gasteiger partial charge in [0.1, 0.15) is 5.69 Å². The molecule has 3 heterocycles. The van der Waals surface area contributed by atoms with Gasteiger partial charge in [-0.1, -0.05) is 0 Å². The lowest BCUT2D eigenvalue weighted by molar-refractivity contribution is 0.0616. The van der Waals surface area contributed by atoms with Gasteiger partial charge in [0.15, 0.2) is 0 Å². The lowest BCUT2D eigenvalue weighted by atomic mass is 9.96. The fourth-order valence-corrected chi connectivity index (χ4v) is 3.28. The van der Waals surface area contributed by atoms with Crippen LogP contribution in [0.3, 0.4) is 0 Å². The number of carbonyl (C=O) groups is 1. The van der Waals surface area contributed by atoms with E-state index in [0.29, 0.717) is 25.4 Å². The van der Waals surface area contributed by atoms with Crippen LogP contribution in [0.25, 0.3) is 0 Å². The normalized spacial score (nSPS) is 20.0. The van der Waals surface area contributed by atoms with Crippen molar-refractivity contribution < 1.29 is 9.53 Å². The first-order valence-corrected chi connectivity index (χ1v) is 8.36. The van der Waals surface area contributed by atoms with Crippen LogP contribution >= 0.6 is 0 Å². The number of hydrogen-bond donors (Lipinski definition) is 0. The Bertz CT molecular complexity index is 726. The number of fused-ring (bicyclic) bond motifs is 1. The Morgan fingerprint density at radius 2 is 2.17 bits per heavy atom. The second-order valence-corrected chi connectivity index (χ2v) is 6.63. The van der Waals surface area contributed by atoms with Gasteiger partial charge in [-0.15, -0.1) is 0 Å². The molecule has 2 aromatic heterocycles. The average molecular weight is 327 g/mol. The van der Waals surface area contributed by atoms with Crippen molar-refractivity contribution in [3.63, 3.8) is 0 Å². The van der Waals surface area contributed by atoms with Gasteiger partial charge >= 0.3 is 0 Å². The van der Waals surface area contributed by atoms with Crippen LogP contribution in [0.1, 0.15) is 40.5 Å². The van der Waals surface area contributed by atoms with E-state index in [1.165, 1.54) is 24.7 Å². The number of rotatable bonds is 5. The average Bonchev–Trinajstić information content (AvgIpc) is 3.36. The van der Waals surface area contributed by atoms with Crippen LogP contribution in [0, 0.1) is 5.92 Å². The van der Waals surface area contributed by atoms with Gasteiger partial charge in [0, 0.05) is 50.6 Å². The van der Waals surface area contributed by atoms with Gasteiger partial charge in [-0.05, 0) is 18.8 Å². The standard InChI is InChI=1S/C17H21N5O2/c1-21-16-13(6-20-21)8-22(17(23)15-7-18-4-5-19-15)9-14(16)11-24-10-12-2-3-12/h4-7,12,14H,2-3,8-11H2,1H3. The molecule has 0 saturated heterocycles. The SMILES string of the molecule is Cn1ncc2c1C(COCC1CC1)CN(C(=O)c1cnccn1)C2. The van der Waals surface area contributed by atoms with E-state index in [1.807, 2.05) is 22.8 Å². The summed E-state index contributed by atoms with van der Waals surface area (Å²) < 4.78 is 7.81. The van der Waals surface area contributed by atoms with Crippen LogP contribution in [0.2, 0.25) is 0 Å². The topological polar surface area (TPSA) is 73.1 Å². The smallest absolute Gasteiger partial charge is 0.274 e. The van der Waals surface area contributed by atoms with Crippen LogP contribution in [-0.4, -0.2) is 50.3 Å². The van der Waals surface area contributed by atoms with Crippen LogP contribution in [0.15, 0.2) is 24.8 Å². The molecule has 1 amide bonds. The number of amides is 1. The second kappa shape index (κ2) is 6.32. The highest BCUT2D eigenvalue weighted by atomic mass is 16.5. The summed E-state index contributed by atoms with van der Waals surface area (Å²) in [5, 5.41) is 4.37. The molecule has 1 aliphatic heterocycles. The Balaban J connectivity index is 1.52. The fraction of sp³-hybridized carbons (Fsp3) is 0.529. The number of aryl methyl sites for hydroxylation is 1. The van der Waals surface area contributed by atoms with Crippen molar-refractivity contribution >= 4 is 5.91 Å². The van der Waals surface area contributed by atoms with Gasteiger partial charge in [0.05, 0.1) is 24.7 Å². The summed E-state index contributed by atoms with van der Waals surface area (Å²) in [6.45, 7) is 2.61. The van der Waals surface area contributed by atoms with Crippen molar-refractivity contribution in [3.05, 3.63) is 41.7 Å². The minimum atomic E-state index is -0.0928. The largest absolute Gasteiger partial charge is 0.380 e. The van der Waals surface area contributed by atoms with Crippen molar-refractivity contribution in [2.45, 2.75) is 25.3 Å². The highest BCUT2D eigenvalue weighted by Gasteiger charge is 2.32. The van der Waals surface area contributed by atoms with Gasteiger partial charge in [0.2, 0.25) is 0 Å². The van der Waals surface area contributed by atoms with Gasteiger partial charge in [0.25, 0.3) is 5.91 Å². The monoisotopic (exact) mass is 327 g/mol. The zero-order valence-corrected chi connectivity index (χ0v) is 13.8. The summed E-state index contributed by atoms with van der Waals surface area (Å²) in [4.78, 5) is 22.6. The van der Waals surface area contributed by atoms with Crippen molar-refractivity contribution in [1.82, 2.24) is 24.6 Å². The minimum Gasteiger partial charge on any atom is -0.380 e. The Labute approximate surface area is 140 Å². The zero-order valence-electron chi connectivity index (χ0n) is 13.8. The minimum absolute atomic E-state index is 0.0928. The quantitative estimate of drug-likeness (QED) is 0.829. The number of ether oxygens (including phenoxy) is 1. The summed E-state index contributed by atoms with van der Waals surface area (Å²) in [7, 11) is 1.95. The van der Waals surface area contributed by atoms with E-state index in [0.717, 1.165) is 18.1 Å². The van der Waals surface area contributed by atoms with E-state index in [-0.39, 0.29) is 11.8 Å². The Hall–Kier alpha value is -2.28. The molecule has 0 spiro atoms. The highest BCUT2D eigenvalue weighted by Crippen LogP contribution is 2.31. The van der Waals surface area contributed by atoms with E-state index in [1.54, 1.807) is 12.4 Å². The molecule has 1 fully saturated rings. The van der Waals surface area contributed by atoms with Crippen molar-refractivity contribution in [1.29, 1.82) is 0 Å². The van der Waals surface area contributed by atoms with Gasteiger partial charge in [-0.2, -0.15) is 5.10 Å². The summed E-state index contributed by atoms with van der Waals surface area (Å²) >= 11 is 0. The first-order chi connectivity index (χ1) is 11.7. The number of carbonyl (C=O) groups excluding carboxylic acids is 1. The molecule has 7 heteroatoms. The Morgan fingerprint density at radius 3 is 2.92 bits per heavy atom. The van der Waals surface area contributed by atoms with Crippen LogP contribution in [-0.2, 0) is 18.3 Å². The molecular weight excluding hydrogens is 306 g/mol. The fourth-order valence-electron chi connectivity index (χ4n) is 3.28. The lowest BCUT2D eigenvalue weighted by Crippen LogP contribution is -2.40. The van der Waals surface area contributed by atoms with Crippen LogP contribution in [0.4, 0.5) is 0 Å². The molecule has 1 saturated carbocycles. The molecule has 1 aliphatic carbocycles. The molecule has 1 unspecified atom stereocenters. The molecule has 0 N–H and O–H groups in total. The third-order valence-corrected chi connectivity index (χ3v) is 4.69. The van der Waals surface area contributed by atoms with Crippen LogP contribution in [0.5, 0.6) is 0 Å². The van der Waals surface area contributed by atoms with E-state index in [4.69, 9.17) is 4.74 Å². The molecule has 24 heavy (non-hydrogen) atoms. The number of aromatic nitrogens is 4. The molecule has 7 nitrogen and oxygen atoms in total. The van der Waals surface area contributed by atoms with Crippen LogP contribution < -0.4 is 0 Å². The van der Waals surface area contributed by atoms with E-state index < -0.39 is 0 Å². The highest BCUT2D eigenvalue weighted by molar-refractivity contribution is 5.92. The zero-order chi connectivity index (χ0) is 16.5. The van der Waals surface area contributed by atoms with E-state index in [2.05, 4.69) is 15.1 Å². The van der Waals surface area contributed by atoms with Crippen molar-refractivity contribution in [2.24, 2.45) is 13.0 Å². The van der Waals surface area contributed by atoms with E-state index >= 15 is 0 Å². The molecule has 0 bridgehead atoms. The third kappa shape index (κ3) is 3.03. The molecule has 1 atom stereocenters. The summed E-state index contributed by atoms with van der Waals surface area (Å²) in [5.74, 6) is 0.780. The first kappa shape index (κ1) is 15.3. The maximum absolute atomic E-state index is 12.7. The van der Waals surface area contributed by atoms with Crippen molar-refractivity contribution in [3.8, 4) is 0 Å². The third-order valence-electron chi connectivity index (χ3n) is 4.69. The molecule has 4 rings (SSSR count). The van der Waals surface area contributed by atoms with E-state index in [9.17, 15) is 4.79 Å². The maximum atomic E-state index is 12.7. The second-order valence-electron chi connectivity index (χ2n) is 6.63. The lowest BCUT2D eigenvalue weighted by Gasteiger charge is -2.32. The first-order valence-electron chi connectivity index (χ1n) is 8.36. The maximum Gasteiger partial charge on any atom is 0.274 e. The summed E-state index contributed by atoms with van der Waals surface area (Å²) in [6, 6.07) is 0. The Kier molecular flexibility index (Phi) is 4.02. The summed E-state index contributed by atoms with van der Waals surface area (Å²) in [6.07, 6.45) is 9.03. The molecule has 2 aromatic rings. The molecule has 0 radical (unpaired) electrons. The van der Waals surface area contributed by atoms with Crippen molar-refractivity contribution in [2.75, 3.05) is 19.8 Å². The van der Waals surface area contributed by atoms with Gasteiger partial charge in [-0.3, -0.25) is 14.5 Å².